The number of anilines is 3. The Kier molecular flexibility index (Phi) is 6.47. The van der Waals surface area contributed by atoms with Gasteiger partial charge in [-0.15, -0.1) is 0 Å². The first kappa shape index (κ1) is 22.5. The Balaban J connectivity index is 1.70. The van der Waals surface area contributed by atoms with Crippen molar-refractivity contribution in [1.29, 1.82) is 0 Å². The summed E-state index contributed by atoms with van der Waals surface area (Å²) in [6, 6.07) is 8.66. The van der Waals surface area contributed by atoms with Crippen LogP contribution in [0.25, 0.3) is 0 Å². The number of carbonyl (C=O) groups is 1. The summed E-state index contributed by atoms with van der Waals surface area (Å²) in [5.74, 6) is 0.852. The van der Waals surface area contributed by atoms with Crippen LogP contribution in [0.4, 0.5) is 35.2 Å². The quantitative estimate of drug-likeness (QED) is 0.394. The summed E-state index contributed by atoms with van der Waals surface area (Å²) in [6.07, 6.45) is -3.25. The zero-order valence-corrected chi connectivity index (χ0v) is 17.4. The molecule has 2 aromatic carbocycles. The molecule has 31 heavy (non-hydrogen) atoms. The molecule has 6 nitrogen and oxygen atoms in total. The van der Waals surface area contributed by atoms with E-state index in [1.165, 1.54) is 18.3 Å². The number of nitrogens with one attached hydrogen (secondary N) is 2. The molecule has 0 bridgehead atoms. The maximum absolute atomic E-state index is 13.0. The van der Waals surface area contributed by atoms with Crippen LogP contribution in [0.2, 0.25) is 10.0 Å². The predicted octanol–water partition coefficient (Wildman–Crippen LogP) is 6.73. The van der Waals surface area contributed by atoms with E-state index in [-0.39, 0.29) is 17.3 Å². The molecule has 3 aromatic rings. The molecule has 1 aromatic heterocycles. The Morgan fingerprint density at radius 1 is 1.10 bits per heavy atom. The Morgan fingerprint density at radius 3 is 2.52 bits per heavy atom. The van der Waals surface area contributed by atoms with E-state index in [1.807, 2.05) is 0 Å². The van der Waals surface area contributed by atoms with Gasteiger partial charge in [0, 0.05) is 23.6 Å². The average Bonchev–Trinajstić information content (AvgIpc) is 2.67. The lowest BCUT2D eigenvalue weighted by Crippen LogP contribution is -2.20. The van der Waals surface area contributed by atoms with Gasteiger partial charge in [0.15, 0.2) is 11.6 Å². The van der Waals surface area contributed by atoms with E-state index in [9.17, 15) is 18.0 Å². The van der Waals surface area contributed by atoms with Crippen molar-refractivity contribution in [3.8, 4) is 11.5 Å². The maximum atomic E-state index is 13.0. The van der Waals surface area contributed by atoms with Crippen molar-refractivity contribution in [3.05, 3.63) is 69.8 Å². The number of ether oxygens (including phenoxy) is 1. The monoisotopic (exact) mass is 470 g/mol. The first-order chi connectivity index (χ1) is 14.5. The van der Waals surface area contributed by atoms with Crippen molar-refractivity contribution < 1.29 is 22.7 Å². The summed E-state index contributed by atoms with van der Waals surface area (Å²) in [6.45, 7) is 1.71. The molecule has 0 spiro atoms. The van der Waals surface area contributed by atoms with E-state index in [2.05, 4.69) is 15.6 Å². The van der Waals surface area contributed by atoms with Crippen LogP contribution >= 0.6 is 23.2 Å². The average molecular weight is 471 g/mol. The van der Waals surface area contributed by atoms with Crippen molar-refractivity contribution in [2.45, 2.75) is 13.1 Å². The standard InChI is InChI=1S/C20H15Cl2F3N4O2/c1-10-6-13(31-17-7-11(21)9-27-18(17)26)3-5-16(10)29-19(30)28-12-2-4-15(22)14(8-12)20(23,24)25/h2-9H,1H3,(H2,26,27)(H2,28,29,30). The topological polar surface area (TPSA) is 89.3 Å². The van der Waals surface area contributed by atoms with Gasteiger partial charge in [-0.25, -0.2) is 9.78 Å². The van der Waals surface area contributed by atoms with E-state index in [0.29, 0.717) is 22.0 Å². The number of aryl methyl sites for hydroxylation is 1. The number of halogens is 5. The van der Waals surface area contributed by atoms with Gasteiger partial charge in [-0.05, 0) is 48.9 Å². The van der Waals surface area contributed by atoms with Gasteiger partial charge in [-0.3, -0.25) is 0 Å². The van der Waals surface area contributed by atoms with Gasteiger partial charge in [0.1, 0.15) is 5.75 Å². The number of nitrogens with two attached hydrogens (primary N) is 1. The lowest BCUT2D eigenvalue weighted by molar-refractivity contribution is -0.137. The predicted molar refractivity (Wildman–Crippen MR) is 114 cm³/mol. The van der Waals surface area contributed by atoms with E-state index >= 15 is 0 Å². The molecular formula is C20H15Cl2F3N4O2. The minimum atomic E-state index is -4.64. The van der Waals surface area contributed by atoms with Crippen molar-refractivity contribution in [2.24, 2.45) is 0 Å². The molecule has 0 aliphatic rings. The highest BCUT2D eigenvalue weighted by molar-refractivity contribution is 6.31. The summed E-state index contributed by atoms with van der Waals surface area (Å²) in [4.78, 5) is 16.1. The second-order valence-corrected chi connectivity index (χ2v) is 7.23. The molecular weight excluding hydrogens is 456 g/mol. The Morgan fingerprint density at radius 2 is 1.84 bits per heavy atom. The van der Waals surface area contributed by atoms with Crippen LogP contribution in [-0.2, 0) is 6.18 Å². The fraction of sp³-hybridized carbons (Fsp3) is 0.100. The van der Waals surface area contributed by atoms with Gasteiger partial charge in [0.25, 0.3) is 0 Å². The fourth-order valence-corrected chi connectivity index (χ4v) is 2.96. The summed E-state index contributed by atoms with van der Waals surface area (Å²) in [5.41, 5.74) is 5.71. The largest absolute Gasteiger partial charge is 0.453 e. The molecule has 0 saturated carbocycles. The molecule has 4 N–H and O–H groups in total. The highest BCUT2D eigenvalue weighted by Gasteiger charge is 2.33. The van der Waals surface area contributed by atoms with Gasteiger partial charge in [0.2, 0.25) is 0 Å². The first-order valence-electron chi connectivity index (χ1n) is 8.67. The highest BCUT2D eigenvalue weighted by Crippen LogP contribution is 2.36. The normalized spacial score (nSPS) is 11.2. The van der Waals surface area contributed by atoms with Crippen LogP contribution in [-0.4, -0.2) is 11.0 Å². The van der Waals surface area contributed by atoms with Gasteiger partial charge in [0.05, 0.1) is 15.6 Å². The number of nitrogens with zero attached hydrogens (tertiary/aromatic N) is 1. The third kappa shape index (κ3) is 5.71. The molecule has 162 valence electrons. The summed E-state index contributed by atoms with van der Waals surface area (Å²) < 4.78 is 44.6. The molecule has 11 heteroatoms. The molecule has 0 aliphatic carbocycles. The van der Waals surface area contributed by atoms with Crippen molar-refractivity contribution in [1.82, 2.24) is 4.98 Å². The molecule has 3 rings (SSSR count). The van der Waals surface area contributed by atoms with Crippen molar-refractivity contribution >= 4 is 46.4 Å². The van der Waals surface area contributed by atoms with Gasteiger partial charge >= 0.3 is 12.2 Å². The van der Waals surface area contributed by atoms with E-state index < -0.39 is 22.8 Å². The molecule has 0 fully saturated rings. The number of rotatable bonds is 4. The van der Waals surface area contributed by atoms with E-state index in [1.54, 1.807) is 25.1 Å². The van der Waals surface area contributed by atoms with Crippen LogP contribution in [0.1, 0.15) is 11.1 Å². The summed E-state index contributed by atoms with van der Waals surface area (Å²) in [5, 5.41) is 4.81. The Bertz CT molecular complexity index is 1140. The number of urea groups is 1. The first-order valence-corrected chi connectivity index (χ1v) is 9.43. The minimum Gasteiger partial charge on any atom is -0.453 e. The number of alkyl halides is 3. The SMILES string of the molecule is Cc1cc(Oc2cc(Cl)cnc2N)ccc1NC(=O)Nc1ccc(Cl)c(C(F)(F)F)c1. The number of hydrogen-bond donors (Lipinski definition) is 3. The number of aromatic nitrogens is 1. The third-order valence-electron chi connectivity index (χ3n) is 4.05. The van der Waals surface area contributed by atoms with Gasteiger partial charge in [-0.2, -0.15) is 13.2 Å². The minimum absolute atomic E-state index is 0.0595. The van der Waals surface area contributed by atoms with Crippen LogP contribution in [0.3, 0.4) is 0 Å². The lowest BCUT2D eigenvalue weighted by Gasteiger charge is -2.14. The summed E-state index contributed by atoms with van der Waals surface area (Å²) in [7, 11) is 0. The molecule has 0 unspecified atom stereocenters. The summed E-state index contributed by atoms with van der Waals surface area (Å²) >= 11 is 11.5. The van der Waals surface area contributed by atoms with Crippen LogP contribution in [0.15, 0.2) is 48.7 Å². The Labute approximate surface area is 185 Å². The number of carbonyl (C=O) groups excluding carboxylic acids is 1. The number of nitrogen functional groups attached to an aromatic ring is 1. The maximum Gasteiger partial charge on any atom is 0.417 e. The van der Waals surface area contributed by atoms with Crippen molar-refractivity contribution in [2.75, 3.05) is 16.4 Å². The van der Waals surface area contributed by atoms with Gasteiger partial charge < -0.3 is 21.1 Å². The van der Waals surface area contributed by atoms with Crippen molar-refractivity contribution in [3.63, 3.8) is 0 Å². The molecule has 2 amide bonds. The fourth-order valence-electron chi connectivity index (χ4n) is 2.58. The zero-order chi connectivity index (χ0) is 22.8. The molecule has 0 aliphatic heterocycles. The molecule has 0 saturated heterocycles. The third-order valence-corrected chi connectivity index (χ3v) is 4.59. The second-order valence-electron chi connectivity index (χ2n) is 6.39. The van der Waals surface area contributed by atoms with Crippen LogP contribution in [0.5, 0.6) is 11.5 Å². The number of pyridine rings is 1. The highest BCUT2D eigenvalue weighted by atomic mass is 35.5. The van der Waals surface area contributed by atoms with E-state index in [0.717, 1.165) is 12.1 Å². The van der Waals surface area contributed by atoms with Crippen LogP contribution in [0, 0.1) is 6.92 Å². The number of benzene rings is 2. The number of amides is 2. The lowest BCUT2D eigenvalue weighted by atomic mass is 10.2. The molecule has 1 heterocycles. The van der Waals surface area contributed by atoms with E-state index in [4.69, 9.17) is 33.7 Å². The zero-order valence-electron chi connectivity index (χ0n) is 15.8. The molecule has 0 radical (unpaired) electrons. The number of hydrogen-bond acceptors (Lipinski definition) is 4. The van der Waals surface area contributed by atoms with Gasteiger partial charge in [-0.1, -0.05) is 23.2 Å². The smallest absolute Gasteiger partial charge is 0.417 e. The second kappa shape index (κ2) is 8.91. The molecule has 0 atom stereocenters. The van der Waals surface area contributed by atoms with Crippen LogP contribution < -0.4 is 21.1 Å². The Hall–Kier alpha value is -3.17.